The number of carboxylic acids is 1. The molecule has 0 aromatic rings. The third-order valence-corrected chi connectivity index (χ3v) is 1.62. The smallest absolute Gasteiger partial charge is 0.328 e. The highest BCUT2D eigenvalue weighted by atomic mass is 16.4. The maximum Gasteiger partial charge on any atom is 0.328 e. The standard InChI is InChI=1S/C7H14N2O5/c1-3(11)5(8)6(12)9-4(2-10)7(13)14/h3-5,10-11H,2,8H2,1H3,(H,9,12)(H,13,14)/t3-,4+,5+/m0/s1. The lowest BCUT2D eigenvalue weighted by atomic mass is 10.1. The molecule has 0 aromatic heterocycles. The molecule has 0 aliphatic rings. The molecular weight excluding hydrogens is 192 g/mol. The zero-order chi connectivity index (χ0) is 11.3. The number of aliphatic hydroxyl groups is 2. The highest BCUT2D eigenvalue weighted by molar-refractivity contribution is 5.87. The van der Waals surface area contributed by atoms with Crippen LogP contribution in [0.3, 0.4) is 0 Å². The number of rotatable bonds is 5. The zero-order valence-corrected chi connectivity index (χ0v) is 7.67. The molecule has 0 unspecified atom stereocenters. The number of hydrogen-bond acceptors (Lipinski definition) is 5. The summed E-state index contributed by atoms with van der Waals surface area (Å²) in [5.41, 5.74) is 5.23. The fourth-order valence-electron chi connectivity index (χ4n) is 0.672. The first-order valence-electron chi connectivity index (χ1n) is 3.97. The molecule has 0 radical (unpaired) electrons. The van der Waals surface area contributed by atoms with Crippen LogP contribution in [0.2, 0.25) is 0 Å². The minimum Gasteiger partial charge on any atom is -0.480 e. The summed E-state index contributed by atoms with van der Waals surface area (Å²) >= 11 is 0. The zero-order valence-electron chi connectivity index (χ0n) is 7.67. The summed E-state index contributed by atoms with van der Waals surface area (Å²) in [4.78, 5) is 21.5. The van der Waals surface area contributed by atoms with Crippen molar-refractivity contribution in [1.29, 1.82) is 0 Å². The van der Waals surface area contributed by atoms with E-state index in [4.69, 9.17) is 21.1 Å². The van der Waals surface area contributed by atoms with E-state index in [0.717, 1.165) is 0 Å². The Hall–Kier alpha value is -1.18. The topological polar surface area (TPSA) is 133 Å². The van der Waals surface area contributed by atoms with Crippen LogP contribution < -0.4 is 11.1 Å². The van der Waals surface area contributed by atoms with E-state index in [1.807, 2.05) is 5.32 Å². The molecule has 0 heterocycles. The third-order valence-electron chi connectivity index (χ3n) is 1.62. The van der Waals surface area contributed by atoms with Crippen LogP contribution in [0, 0.1) is 0 Å². The maximum absolute atomic E-state index is 11.1. The fourth-order valence-corrected chi connectivity index (χ4v) is 0.672. The summed E-state index contributed by atoms with van der Waals surface area (Å²) in [6.45, 7) is 0.576. The minimum absolute atomic E-state index is 0.729. The van der Waals surface area contributed by atoms with Gasteiger partial charge in [0.1, 0.15) is 12.1 Å². The number of carboxylic acid groups (broad SMARTS) is 1. The Labute approximate surface area is 80.5 Å². The van der Waals surface area contributed by atoms with E-state index < -0.39 is 36.7 Å². The number of hydrogen-bond donors (Lipinski definition) is 5. The van der Waals surface area contributed by atoms with Crippen molar-refractivity contribution in [1.82, 2.24) is 5.32 Å². The molecule has 14 heavy (non-hydrogen) atoms. The molecule has 0 saturated carbocycles. The molecule has 7 nitrogen and oxygen atoms in total. The van der Waals surface area contributed by atoms with Crippen LogP contribution in [0.25, 0.3) is 0 Å². The van der Waals surface area contributed by atoms with Gasteiger partial charge in [-0.15, -0.1) is 0 Å². The maximum atomic E-state index is 11.1. The Morgan fingerprint density at radius 3 is 2.29 bits per heavy atom. The summed E-state index contributed by atoms with van der Waals surface area (Å²) in [6.07, 6.45) is -1.08. The first-order chi connectivity index (χ1) is 6.40. The van der Waals surface area contributed by atoms with Crippen molar-refractivity contribution in [2.75, 3.05) is 6.61 Å². The van der Waals surface area contributed by atoms with E-state index in [1.54, 1.807) is 0 Å². The van der Waals surface area contributed by atoms with Gasteiger partial charge in [-0.3, -0.25) is 4.79 Å². The monoisotopic (exact) mass is 206 g/mol. The van der Waals surface area contributed by atoms with E-state index >= 15 is 0 Å². The van der Waals surface area contributed by atoms with Crippen molar-refractivity contribution < 1.29 is 24.9 Å². The average Bonchev–Trinajstić information content (AvgIpc) is 2.11. The number of aliphatic hydroxyl groups excluding tert-OH is 2. The van der Waals surface area contributed by atoms with Gasteiger partial charge >= 0.3 is 5.97 Å². The Bertz CT molecular complexity index is 218. The highest BCUT2D eigenvalue weighted by Crippen LogP contribution is 1.91. The molecule has 0 aromatic carbocycles. The summed E-state index contributed by atoms with van der Waals surface area (Å²) in [5, 5.41) is 27.9. The van der Waals surface area contributed by atoms with Crippen molar-refractivity contribution >= 4 is 11.9 Å². The van der Waals surface area contributed by atoms with Crippen LogP contribution in [0.15, 0.2) is 0 Å². The second-order valence-electron chi connectivity index (χ2n) is 2.85. The van der Waals surface area contributed by atoms with E-state index in [2.05, 4.69) is 0 Å². The molecule has 0 fully saturated rings. The van der Waals surface area contributed by atoms with Crippen molar-refractivity contribution in [2.24, 2.45) is 5.73 Å². The van der Waals surface area contributed by atoms with Crippen molar-refractivity contribution in [3.8, 4) is 0 Å². The van der Waals surface area contributed by atoms with Gasteiger partial charge in [0.2, 0.25) is 5.91 Å². The molecular formula is C7H14N2O5. The molecule has 0 aliphatic carbocycles. The van der Waals surface area contributed by atoms with Crippen molar-refractivity contribution in [2.45, 2.75) is 25.1 Å². The predicted octanol–water partition coefficient (Wildman–Crippen LogP) is -2.74. The van der Waals surface area contributed by atoms with Crippen LogP contribution in [0.5, 0.6) is 0 Å². The second kappa shape index (κ2) is 5.53. The largest absolute Gasteiger partial charge is 0.480 e. The van der Waals surface area contributed by atoms with Gasteiger partial charge in [-0.25, -0.2) is 4.79 Å². The number of nitrogens with one attached hydrogen (secondary N) is 1. The summed E-state index contributed by atoms with van der Waals surface area (Å²) < 4.78 is 0. The molecule has 7 heteroatoms. The van der Waals surface area contributed by atoms with Gasteiger partial charge in [-0.2, -0.15) is 0 Å². The molecule has 0 rings (SSSR count). The Balaban J connectivity index is 4.22. The van der Waals surface area contributed by atoms with E-state index in [9.17, 15) is 9.59 Å². The van der Waals surface area contributed by atoms with E-state index in [1.165, 1.54) is 6.92 Å². The molecule has 82 valence electrons. The molecule has 0 aliphatic heterocycles. The van der Waals surface area contributed by atoms with Crippen LogP contribution in [-0.2, 0) is 9.59 Å². The van der Waals surface area contributed by atoms with Crippen LogP contribution in [-0.4, -0.2) is 52.0 Å². The van der Waals surface area contributed by atoms with Gasteiger partial charge in [0.15, 0.2) is 0 Å². The van der Waals surface area contributed by atoms with Gasteiger partial charge in [0.05, 0.1) is 12.7 Å². The summed E-state index contributed by atoms with van der Waals surface area (Å²) in [6, 6.07) is -2.60. The first-order valence-corrected chi connectivity index (χ1v) is 3.97. The summed E-state index contributed by atoms with van der Waals surface area (Å²) in [7, 11) is 0. The molecule has 3 atom stereocenters. The Morgan fingerprint density at radius 1 is 1.50 bits per heavy atom. The molecule has 0 bridgehead atoms. The van der Waals surface area contributed by atoms with Crippen LogP contribution in [0.4, 0.5) is 0 Å². The lowest BCUT2D eigenvalue weighted by Crippen LogP contribution is -2.53. The fraction of sp³-hybridized carbons (Fsp3) is 0.714. The van der Waals surface area contributed by atoms with Crippen molar-refractivity contribution in [3.05, 3.63) is 0 Å². The Kier molecular flexibility index (Phi) is 5.06. The third kappa shape index (κ3) is 3.69. The van der Waals surface area contributed by atoms with E-state index in [0.29, 0.717) is 0 Å². The van der Waals surface area contributed by atoms with Crippen LogP contribution >= 0.6 is 0 Å². The highest BCUT2D eigenvalue weighted by Gasteiger charge is 2.24. The van der Waals surface area contributed by atoms with Gasteiger partial charge in [-0.1, -0.05) is 0 Å². The summed E-state index contributed by atoms with van der Waals surface area (Å²) in [5.74, 6) is -2.18. The molecule has 6 N–H and O–H groups in total. The lowest BCUT2D eigenvalue weighted by molar-refractivity contribution is -0.143. The number of carbonyl (C=O) groups is 2. The minimum atomic E-state index is -1.40. The first kappa shape index (κ1) is 12.8. The SMILES string of the molecule is C[C@H](O)[C@@H](N)C(=O)N[C@H](CO)C(=O)O. The number of amides is 1. The second-order valence-corrected chi connectivity index (χ2v) is 2.85. The predicted molar refractivity (Wildman–Crippen MR) is 46.3 cm³/mol. The van der Waals surface area contributed by atoms with Crippen LogP contribution in [0.1, 0.15) is 6.92 Å². The normalized spacial score (nSPS) is 16.9. The number of nitrogens with two attached hydrogens (primary N) is 1. The molecule has 1 amide bonds. The van der Waals surface area contributed by atoms with Gasteiger partial charge < -0.3 is 26.4 Å². The quantitative estimate of drug-likeness (QED) is 0.331. The Morgan fingerprint density at radius 2 is 2.00 bits per heavy atom. The number of carbonyl (C=O) groups excluding carboxylic acids is 1. The van der Waals surface area contributed by atoms with Crippen molar-refractivity contribution in [3.63, 3.8) is 0 Å². The van der Waals surface area contributed by atoms with Gasteiger partial charge in [0, 0.05) is 0 Å². The average molecular weight is 206 g/mol. The van der Waals surface area contributed by atoms with E-state index in [-0.39, 0.29) is 0 Å². The lowest BCUT2D eigenvalue weighted by Gasteiger charge is -2.17. The molecule has 0 spiro atoms. The molecule has 0 saturated heterocycles. The van der Waals surface area contributed by atoms with Gasteiger partial charge in [-0.05, 0) is 6.92 Å². The number of aliphatic carboxylic acids is 1. The van der Waals surface area contributed by atoms with Gasteiger partial charge in [0.25, 0.3) is 0 Å².